The number of carbonyl (C=O) groups excluding carboxylic acids is 4. The van der Waals surface area contributed by atoms with E-state index in [2.05, 4.69) is 17.6 Å². The van der Waals surface area contributed by atoms with Crippen LogP contribution in [0.4, 0.5) is 4.79 Å². The van der Waals surface area contributed by atoms with Gasteiger partial charge in [-0.15, -0.1) is 0 Å². The molecule has 220 valence electrons. The van der Waals surface area contributed by atoms with E-state index in [0.29, 0.717) is 12.0 Å². The van der Waals surface area contributed by atoms with Crippen LogP contribution in [0.2, 0.25) is 0 Å². The molecule has 0 fully saturated rings. The smallest absolute Gasteiger partial charge is 0.408 e. The van der Waals surface area contributed by atoms with Gasteiger partial charge in [-0.05, 0) is 64.7 Å². The maximum Gasteiger partial charge on any atom is 0.408 e. The quantitative estimate of drug-likeness (QED) is 0.224. The van der Waals surface area contributed by atoms with E-state index in [9.17, 15) is 24.3 Å². The van der Waals surface area contributed by atoms with E-state index < -0.39 is 48.2 Å². The summed E-state index contributed by atoms with van der Waals surface area (Å²) in [7, 11) is 0. The number of hydrogen-bond acceptors (Lipinski definition) is 7. The van der Waals surface area contributed by atoms with Gasteiger partial charge in [0.1, 0.15) is 17.7 Å². The topological polar surface area (TPSA) is 134 Å². The second-order valence-corrected chi connectivity index (χ2v) is 10.5. The Balaban J connectivity index is 3.43. The van der Waals surface area contributed by atoms with E-state index >= 15 is 0 Å². The van der Waals surface area contributed by atoms with Gasteiger partial charge in [-0.1, -0.05) is 44.4 Å². The summed E-state index contributed by atoms with van der Waals surface area (Å²) in [5.74, 6) is -1.50. The Labute approximate surface area is 232 Å². The number of esters is 1. The second kappa shape index (κ2) is 16.7. The van der Waals surface area contributed by atoms with Crippen LogP contribution in [0.3, 0.4) is 0 Å². The molecule has 0 bridgehead atoms. The van der Waals surface area contributed by atoms with E-state index in [-0.39, 0.29) is 26.1 Å². The number of nitrogens with one attached hydrogen (secondary N) is 2. The lowest BCUT2D eigenvalue weighted by molar-refractivity contribution is -0.144. The van der Waals surface area contributed by atoms with Crippen LogP contribution in [0, 0.1) is 13.8 Å². The van der Waals surface area contributed by atoms with E-state index in [1.165, 1.54) is 4.90 Å². The molecule has 0 saturated carbocycles. The maximum atomic E-state index is 13.9. The number of nitrogens with zero attached hydrogens (tertiary/aromatic N) is 1. The van der Waals surface area contributed by atoms with Crippen LogP contribution in [0.25, 0.3) is 0 Å². The molecular formula is C29H47N3O7. The highest BCUT2D eigenvalue weighted by atomic mass is 16.6. The van der Waals surface area contributed by atoms with Gasteiger partial charge in [0, 0.05) is 13.1 Å². The van der Waals surface area contributed by atoms with Crippen LogP contribution in [0.15, 0.2) is 18.2 Å². The van der Waals surface area contributed by atoms with Crippen molar-refractivity contribution in [1.29, 1.82) is 0 Å². The zero-order chi connectivity index (χ0) is 29.6. The first kappa shape index (κ1) is 33.9. The number of aliphatic hydroxyl groups excluding tert-OH is 1. The first-order valence-corrected chi connectivity index (χ1v) is 13.8. The number of alkyl carbamates (subject to hydrolysis) is 1. The Hall–Kier alpha value is -3.14. The molecular weight excluding hydrogens is 502 g/mol. The van der Waals surface area contributed by atoms with Crippen LogP contribution in [-0.2, 0) is 23.9 Å². The normalized spacial score (nSPS) is 12.7. The Morgan fingerprint density at radius 2 is 1.67 bits per heavy atom. The molecule has 1 aromatic carbocycles. The van der Waals surface area contributed by atoms with Crippen molar-refractivity contribution in [2.24, 2.45) is 0 Å². The molecule has 0 aliphatic carbocycles. The molecule has 3 amide bonds. The average Bonchev–Trinajstić information content (AvgIpc) is 2.84. The number of hydrogen-bond donors (Lipinski definition) is 3. The van der Waals surface area contributed by atoms with Crippen molar-refractivity contribution in [2.45, 2.75) is 98.3 Å². The van der Waals surface area contributed by atoms with E-state index in [1.54, 1.807) is 27.7 Å². The van der Waals surface area contributed by atoms with Crippen molar-refractivity contribution in [3.63, 3.8) is 0 Å². The summed E-state index contributed by atoms with van der Waals surface area (Å²) in [5.41, 5.74) is 1.48. The summed E-state index contributed by atoms with van der Waals surface area (Å²) in [4.78, 5) is 53.3. The van der Waals surface area contributed by atoms with Crippen LogP contribution in [-0.4, -0.2) is 71.8 Å². The zero-order valence-electron chi connectivity index (χ0n) is 24.6. The van der Waals surface area contributed by atoms with Crippen LogP contribution in [0.5, 0.6) is 0 Å². The standard InChI is InChI=1S/C29H47N3O7/c1-8-10-11-12-18-32(27(36)22(19-33)31-28(37)39-29(5,6)7)25(24-20(3)14-13-15-21(24)4)26(35)30-17-16-23(34)38-9-2/h13-15,22,25,33H,8-12,16-19H2,1-7H3,(H,30,35)(H,31,37). The maximum absolute atomic E-state index is 13.9. The molecule has 0 aliphatic heterocycles. The highest BCUT2D eigenvalue weighted by Gasteiger charge is 2.37. The number of benzene rings is 1. The molecule has 0 radical (unpaired) electrons. The minimum absolute atomic E-state index is 0.0109. The summed E-state index contributed by atoms with van der Waals surface area (Å²) in [5, 5.41) is 15.3. The second-order valence-electron chi connectivity index (χ2n) is 10.5. The molecule has 39 heavy (non-hydrogen) atoms. The Kier molecular flexibility index (Phi) is 14.5. The fourth-order valence-electron chi connectivity index (χ4n) is 4.22. The van der Waals surface area contributed by atoms with Gasteiger partial charge in [-0.2, -0.15) is 0 Å². The molecule has 2 atom stereocenters. The molecule has 1 aromatic rings. The SMILES string of the molecule is CCCCCCN(C(=O)C(CO)NC(=O)OC(C)(C)C)C(C(=O)NCCC(=O)OCC)c1c(C)cccc1C. The first-order chi connectivity index (χ1) is 18.4. The number of aryl methyl sites for hydroxylation is 2. The highest BCUT2D eigenvalue weighted by molar-refractivity contribution is 5.92. The van der Waals surface area contributed by atoms with Gasteiger partial charge in [0.05, 0.1) is 19.6 Å². The van der Waals surface area contributed by atoms with Crippen LogP contribution < -0.4 is 10.6 Å². The molecule has 3 N–H and O–H groups in total. The van der Waals surface area contributed by atoms with Crippen molar-refractivity contribution in [3.05, 3.63) is 34.9 Å². The Morgan fingerprint density at radius 1 is 1.03 bits per heavy atom. The molecule has 0 aromatic heterocycles. The largest absolute Gasteiger partial charge is 0.466 e. The van der Waals surface area contributed by atoms with Crippen molar-refractivity contribution in [3.8, 4) is 0 Å². The van der Waals surface area contributed by atoms with Crippen molar-refractivity contribution < 1.29 is 33.8 Å². The number of amides is 3. The van der Waals surface area contributed by atoms with E-state index in [4.69, 9.17) is 9.47 Å². The Morgan fingerprint density at radius 3 is 2.21 bits per heavy atom. The van der Waals surface area contributed by atoms with Gasteiger partial charge in [0.25, 0.3) is 0 Å². The van der Waals surface area contributed by atoms with Crippen molar-refractivity contribution in [1.82, 2.24) is 15.5 Å². The fraction of sp³-hybridized carbons (Fsp3) is 0.655. The summed E-state index contributed by atoms with van der Waals surface area (Å²) >= 11 is 0. The summed E-state index contributed by atoms with van der Waals surface area (Å²) in [6, 6.07) is 3.24. The minimum Gasteiger partial charge on any atom is -0.466 e. The molecule has 10 heteroatoms. The first-order valence-electron chi connectivity index (χ1n) is 13.8. The third kappa shape index (κ3) is 11.6. The predicted octanol–water partition coefficient (Wildman–Crippen LogP) is 3.71. The average molecular weight is 550 g/mol. The van der Waals surface area contributed by atoms with Crippen LogP contribution in [0.1, 0.15) is 89.5 Å². The predicted molar refractivity (Wildman–Crippen MR) is 149 cm³/mol. The lowest BCUT2D eigenvalue weighted by Crippen LogP contribution is -2.54. The van der Waals surface area contributed by atoms with Crippen molar-refractivity contribution >= 4 is 23.9 Å². The lowest BCUT2D eigenvalue weighted by atomic mass is 9.93. The fourth-order valence-corrected chi connectivity index (χ4v) is 4.22. The minimum atomic E-state index is -1.31. The summed E-state index contributed by atoms with van der Waals surface area (Å²) in [6.07, 6.45) is 2.56. The molecule has 10 nitrogen and oxygen atoms in total. The number of rotatable bonds is 15. The van der Waals surface area contributed by atoms with E-state index in [1.807, 2.05) is 32.0 Å². The summed E-state index contributed by atoms with van der Waals surface area (Å²) < 4.78 is 10.2. The Bertz CT molecular complexity index is 938. The molecule has 0 saturated heterocycles. The van der Waals surface area contributed by atoms with Gasteiger partial charge >= 0.3 is 12.1 Å². The number of unbranched alkanes of at least 4 members (excludes halogenated alkanes) is 3. The van der Waals surface area contributed by atoms with Crippen LogP contribution >= 0.6 is 0 Å². The number of aliphatic hydroxyl groups is 1. The number of ether oxygens (including phenoxy) is 2. The number of carbonyl (C=O) groups is 4. The van der Waals surface area contributed by atoms with E-state index in [0.717, 1.165) is 30.4 Å². The zero-order valence-corrected chi connectivity index (χ0v) is 24.6. The van der Waals surface area contributed by atoms with Gasteiger partial charge in [-0.25, -0.2) is 4.79 Å². The molecule has 0 spiro atoms. The van der Waals surface area contributed by atoms with Crippen molar-refractivity contribution in [2.75, 3.05) is 26.3 Å². The summed E-state index contributed by atoms with van der Waals surface area (Å²) in [6.45, 7) is 12.4. The molecule has 1 rings (SSSR count). The molecule has 0 heterocycles. The van der Waals surface area contributed by atoms with Gasteiger partial charge in [-0.3, -0.25) is 14.4 Å². The monoisotopic (exact) mass is 549 g/mol. The molecule has 2 unspecified atom stereocenters. The highest BCUT2D eigenvalue weighted by Crippen LogP contribution is 2.29. The van der Waals surface area contributed by atoms with Gasteiger partial charge in [0.15, 0.2) is 0 Å². The van der Waals surface area contributed by atoms with Gasteiger partial charge in [0.2, 0.25) is 11.8 Å². The third-order valence-electron chi connectivity index (χ3n) is 6.02. The van der Waals surface area contributed by atoms with Gasteiger partial charge < -0.3 is 30.1 Å². The molecule has 0 aliphatic rings. The lowest BCUT2D eigenvalue weighted by Gasteiger charge is -2.35. The third-order valence-corrected chi connectivity index (χ3v) is 6.02.